The van der Waals surface area contributed by atoms with Crippen molar-refractivity contribution in [1.82, 2.24) is 14.9 Å². The van der Waals surface area contributed by atoms with Crippen molar-refractivity contribution in [3.8, 4) is 6.07 Å². The highest BCUT2D eigenvalue weighted by Crippen LogP contribution is 2.35. The highest BCUT2D eigenvalue weighted by atomic mass is 35.5. The second kappa shape index (κ2) is 9.05. The Bertz CT molecular complexity index is 1160. The molecule has 1 aromatic carbocycles. The van der Waals surface area contributed by atoms with Crippen molar-refractivity contribution in [1.29, 1.82) is 5.26 Å². The molecule has 8 heteroatoms. The summed E-state index contributed by atoms with van der Waals surface area (Å²) in [5.74, 6) is 1.69. The smallest absolute Gasteiger partial charge is 0.225 e. The van der Waals surface area contributed by atoms with Gasteiger partial charge >= 0.3 is 0 Å². The maximum atomic E-state index is 13.1. The summed E-state index contributed by atoms with van der Waals surface area (Å²) >= 11 is 7.85. The summed E-state index contributed by atoms with van der Waals surface area (Å²) < 4.78 is 1.17. The molecule has 0 saturated carbocycles. The number of nitriles is 1. The number of likely N-dealkylation sites (tertiary alicyclic amines) is 1. The first-order valence-corrected chi connectivity index (χ1v) is 12.3. The van der Waals surface area contributed by atoms with E-state index >= 15 is 0 Å². The van der Waals surface area contributed by atoms with E-state index in [4.69, 9.17) is 21.8 Å². The molecule has 32 heavy (non-hydrogen) atoms. The summed E-state index contributed by atoms with van der Waals surface area (Å²) in [6.45, 7) is 3.25. The summed E-state index contributed by atoms with van der Waals surface area (Å²) in [7, 11) is 0. The van der Waals surface area contributed by atoms with Crippen molar-refractivity contribution < 1.29 is 4.79 Å². The van der Waals surface area contributed by atoms with Crippen molar-refractivity contribution in [2.75, 3.05) is 31.1 Å². The highest BCUT2D eigenvalue weighted by Gasteiger charge is 2.32. The Hall–Kier alpha value is -2.69. The molecule has 5 rings (SSSR count). The Morgan fingerprint density at radius 1 is 1.09 bits per heavy atom. The predicted octanol–water partition coefficient (Wildman–Crippen LogP) is 4.84. The van der Waals surface area contributed by atoms with E-state index in [2.05, 4.69) is 20.9 Å². The van der Waals surface area contributed by atoms with Crippen LogP contribution < -0.4 is 4.90 Å². The maximum Gasteiger partial charge on any atom is 0.225 e. The van der Waals surface area contributed by atoms with E-state index in [-0.39, 0.29) is 5.92 Å². The molecule has 3 aromatic rings. The van der Waals surface area contributed by atoms with Gasteiger partial charge in [-0.25, -0.2) is 9.97 Å². The van der Waals surface area contributed by atoms with E-state index in [0.717, 1.165) is 73.2 Å². The number of halogens is 1. The lowest BCUT2D eigenvalue weighted by molar-refractivity contribution is -0.137. The third kappa shape index (κ3) is 4.30. The van der Waals surface area contributed by atoms with Gasteiger partial charge in [0, 0.05) is 49.2 Å². The number of fused-ring (bicyclic) bond motifs is 1. The Kier molecular flexibility index (Phi) is 5.99. The van der Waals surface area contributed by atoms with Crippen LogP contribution in [0.1, 0.15) is 42.2 Å². The molecule has 1 amide bonds. The van der Waals surface area contributed by atoms with Gasteiger partial charge in [0.15, 0.2) is 0 Å². The zero-order chi connectivity index (χ0) is 22.1. The largest absolute Gasteiger partial charge is 0.357 e. The Balaban J connectivity index is 1.15. The predicted molar refractivity (Wildman–Crippen MR) is 127 cm³/mol. The molecule has 0 spiro atoms. The molecule has 2 aliphatic heterocycles. The van der Waals surface area contributed by atoms with Crippen LogP contribution in [0.4, 0.5) is 5.82 Å². The van der Waals surface area contributed by atoms with Gasteiger partial charge in [0.25, 0.3) is 0 Å². The fourth-order valence-electron chi connectivity index (χ4n) is 4.69. The highest BCUT2D eigenvalue weighted by molar-refractivity contribution is 7.18. The summed E-state index contributed by atoms with van der Waals surface area (Å²) in [5, 5.41) is 10.8. The number of rotatable bonds is 3. The SMILES string of the molecule is N#Cc1ccc(N2CCC(C(=O)N3CCC(c4nc5cc(Cl)ccc5s4)CC3)CC2)nc1. The van der Waals surface area contributed by atoms with Crippen LogP contribution in [-0.4, -0.2) is 47.0 Å². The van der Waals surface area contributed by atoms with Gasteiger partial charge in [0.2, 0.25) is 5.91 Å². The zero-order valence-electron chi connectivity index (χ0n) is 17.7. The van der Waals surface area contributed by atoms with E-state index in [1.165, 1.54) is 4.70 Å². The molecule has 2 aliphatic rings. The van der Waals surface area contributed by atoms with Crippen LogP contribution in [0.2, 0.25) is 5.02 Å². The van der Waals surface area contributed by atoms with Gasteiger partial charge < -0.3 is 9.80 Å². The quantitative estimate of drug-likeness (QED) is 0.553. The summed E-state index contributed by atoms with van der Waals surface area (Å²) in [6, 6.07) is 11.7. The Morgan fingerprint density at radius 3 is 2.56 bits per heavy atom. The summed E-state index contributed by atoms with van der Waals surface area (Å²) in [6.07, 6.45) is 5.23. The number of amides is 1. The fourth-order valence-corrected chi connectivity index (χ4v) is 5.98. The molecule has 0 radical (unpaired) electrons. The molecular formula is C24H24ClN5OS. The lowest BCUT2D eigenvalue weighted by atomic mass is 9.92. The number of nitrogens with zero attached hydrogens (tertiary/aromatic N) is 5. The Labute approximate surface area is 196 Å². The molecule has 2 saturated heterocycles. The van der Waals surface area contributed by atoms with Crippen LogP contribution in [0.15, 0.2) is 36.5 Å². The summed E-state index contributed by atoms with van der Waals surface area (Å²) in [4.78, 5) is 26.6. The lowest BCUT2D eigenvalue weighted by Crippen LogP contribution is -2.45. The number of hydrogen-bond acceptors (Lipinski definition) is 6. The number of aromatic nitrogens is 2. The first kappa shape index (κ1) is 21.2. The zero-order valence-corrected chi connectivity index (χ0v) is 19.3. The third-order valence-corrected chi connectivity index (χ3v) is 8.00. The molecule has 6 nitrogen and oxygen atoms in total. The fraction of sp³-hybridized carbons (Fsp3) is 0.417. The first-order chi connectivity index (χ1) is 15.6. The van der Waals surface area contributed by atoms with Gasteiger partial charge in [-0.2, -0.15) is 5.26 Å². The van der Waals surface area contributed by atoms with E-state index in [9.17, 15) is 4.79 Å². The monoisotopic (exact) mass is 465 g/mol. The number of piperidine rings is 2. The van der Waals surface area contributed by atoms with E-state index < -0.39 is 0 Å². The van der Waals surface area contributed by atoms with Crippen LogP contribution in [0, 0.1) is 17.2 Å². The van der Waals surface area contributed by atoms with Crippen LogP contribution in [0.3, 0.4) is 0 Å². The minimum absolute atomic E-state index is 0.0887. The van der Waals surface area contributed by atoms with Gasteiger partial charge in [0.1, 0.15) is 11.9 Å². The molecule has 0 bridgehead atoms. The Morgan fingerprint density at radius 2 is 1.88 bits per heavy atom. The maximum absolute atomic E-state index is 13.1. The van der Waals surface area contributed by atoms with E-state index in [1.54, 1.807) is 23.6 Å². The molecule has 2 fully saturated rings. The first-order valence-electron chi connectivity index (χ1n) is 11.1. The normalized spacial score (nSPS) is 18.1. The molecule has 0 N–H and O–H groups in total. The summed E-state index contributed by atoms with van der Waals surface area (Å²) in [5.41, 5.74) is 1.54. The molecular weight excluding hydrogens is 442 g/mol. The van der Waals surface area contributed by atoms with Gasteiger partial charge in [0.05, 0.1) is 20.8 Å². The molecule has 164 valence electrons. The van der Waals surface area contributed by atoms with Gasteiger partial charge in [-0.3, -0.25) is 4.79 Å². The number of hydrogen-bond donors (Lipinski definition) is 0. The number of carbonyl (C=O) groups is 1. The molecule has 0 atom stereocenters. The molecule has 0 unspecified atom stereocenters. The minimum atomic E-state index is 0.0887. The van der Waals surface area contributed by atoms with Crippen LogP contribution >= 0.6 is 22.9 Å². The number of benzene rings is 1. The van der Waals surface area contributed by atoms with E-state index in [1.807, 2.05) is 24.3 Å². The van der Waals surface area contributed by atoms with Crippen molar-refractivity contribution in [2.45, 2.75) is 31.6 Å². The number of thiazole rings is 1. The number of pyridine rings is 1. The molecule has 0 aliphatic carbocycles. The van der Waals surface area contributed by atoms with Crippen molar-refractivity contribution >= 4 is 44.9 Å². The average molecular weight is 466 g/mol. The van der Waals surface area contributed by atoms with Crippen LogP contribution in [-0.2, 0) is 4.79 Å². The van der Waals surface area contributed by atoms with Gasteiger partial charge in [-0.1, -0.05) is 11.6 Å². The van der Waals surface area contributed by atoms with Crippen molar-refractivity contribution in [3.05, 3.63) is 52.1 Å². The third-order valence-electron chi connectivity index (χ3n) is 6.57. The second-order valence-corrected chi connectivity index (χ2v) is 10.0. The second-order valence-electron chi connectivity index (χ2n) is 8.54. The van der Waals surface area contributed by atoms with Crippen molar-refractivity contribution in [2.24, 2.45) is 5.92 Å². The standard InChI is InChI=1S/C24H24ClN5OS/c25-19-2-3-21-20(13-19)28-23(32-21)17-5-11-30(12-6-17)24(31)18-7-9-29(10-8-18)22-4-1-16(14-26)15-27-22/h1-4,13,15,17-18H,5-12H2. The topological polar surface area (TPSA) is 73.1 Å². The van der Waals surface area contributed by atoms with Crippen molar-refractivity contribution in [3.63, 3.8) is 0 Å². The number of carbonyl (C=O) groups excluding carboxylic acids is 1. The van der Waals surface area contributed by atoms with Crippen LogP contribution in [0.5, 0.6) is 0 Å². The molecule has 4 heterocycles. The minimum Gasteiger partial charge on any atom is -0.357 e. The van der Waals surface area contributed by atoms with E-state index in [0.29, 0.717) is 17.4 Å². The van der Waals surface area contributed by atoms with Gasteiger partial charge in [-0.15, -0.1) is 11.3 Å². The number of anilines is 1. The van der Waals surface area contributed by atoms with Gasteiger partial charge in [-0.05, 0) is 56.0 Å². The average Bonchev–Trinajstić information content (AvgIpc) is 3.27. The molecule has 2 aromatic heterocycles. The van der Waals surface area contributed by atoms with Crippen LogP contribution in [0.25, 0.3) is 10.2 Å². The lowest BCUT2D eigenvalue weighted by Gasteiger charge is -2.37.